The third kappa shape index (κ3) is 13.3. The first-order valence-corrected chi connectivity index (χ1v) is 25.7. The summed E-state index contributed by atoms with van der Waals surface area (Å²) in [7, 11) is 0. The lowest BCUT2D eigenvalue weighted by Gasteiger charge is -2.63. The van der Waals surface area contributed by atoms with Crippen molar-refractivity contribution in [1.29, 1.82) is 5.26 Å². The highest BCUT2D eigenvalue weighted by Gasteiger charge is 2.64. The average Bonchev–Trinajstić information content (AvgIpc) is 3.98. The second kappa shape index (κ2) is 23.7. The number of anilines is 1. The zero-order chi connectivity index (χ0) is 52.5. The number of thiazole rings is 1. The van der Waals surface area contributed by atoms with Gasteiger partial charge >= 0.3 is 5.97 Å². The van der Waals surface area contributed by atoms with E-state index in [9.17, 15) is 29.2 Å². The van der Waals surface area contributed by atoms with Crippen molar-refractivity contribution in [3.05, 3.63) is 99.6 Å². The van der Waals surface area contributed by atoms with Crippen LogP contribution < -0.4 is 31.7 Å². The lowest BCUT2D eigenvalue weighted by atomic mass is 9.49. The Morgan fingerprint density at radius 1 is 0.972 bits per heavy atom. The molecule has 1 unspecified atom stereocenters. The predicted octanol–water partition coefficient (Wildman–Crippen LogP) is 7.73. The number of aromatic nitrogens is 1. The number of nitriles is 1. The van der Waals surface area contributed by atoms with Crippen molar-refractivity contribution in [2.75, 3.05) is 38.2 Å². The molecule has 3 aromatic carbocycles. The largest absolute Gasteiger partial charge is 0.489 e. The fraction of sp³-hybridized carbons (Fsp3) is 0.500. The molecule has 4 atom stereocenters. The third-order valence-corrected chi connectivity index (χ3v) is 14.9. The van der Waals surface area contributed by atoms with Gasteiger partial charge in [-0.2, -0.15) is 5.26 Å². The van der Waals surface area contributed by atoms with Crippen molar-refractivity contribution in [2.45, 2.75) is 124 Å². The second-order valence-corrected chi connectivity index (χ2v) is 22.2. The van der Waals surface area contributed by atoms with Gasteiger partial charge in [0.1, 0.15) is 42.7 Å². The van der Waals surface area contributed by atoms with Gasteiger partial charge in [-0.25, -0.2) is 4.98 Å². The molecular formula is C54H69ClN8O8S. The number of ether oxygens (including phenoxy) is 3. The molecule has 1 aromatic heterocycles. The molecule has 4 amide bonds. The first-order chi connectivity index (χ1) is 34.0. The first-order valence-electron chi connectivity index (χ1n) is 24.4. The lowest BCUT2D eigenvalue weighted by Crippen LogP contribution is -2.74. The summed E-state index contributed by atoms with van der Waals surface area (Å²) in [5, 5.41) is 22.1. The molecule has 1 saturated carbocycles. The van der Waals surface area contributed by atoms with Crippen LogP contribution in [0.25, 0.3) is 10.4 Å². The summed E-state index contributed by atoms with van der Waals surface area (Å²) in [6.07, 6.45) is 1.48. The van der Waals surface area contributed by atoms with Gasteiger partial charge < -0.3 is 46.1 Å². The van der Waals surface area contributed by atoms with E-state index >= 15 is 0 Å². The first kappa shape index (κ1) is 55.3. The van der Waals surface area contributed by atoms with Gasteiger partial charge in [0.15, 0.2) is 0 Å². The number of amides is 4. The minimum Gasteiger partial charge on any atom is -0.489 e. The Morgan fingerprint density at radius 3 is 2.28 bits per heavy atom. The molecule has 1 aliphatic carbocycles. The van der Waals surface area contributed by atoms with Crippen LogP contribution >= 0.6 is 22.9 Å². The highest BCUT2D eigenvalue weighted by molar-refractivity contribution is 7.13. The third-order valence-electron chi connectivity index (χ3n) is 13.6. The van der Waals surface area contributed by atoms with Gasteiger partial charge in [0.25, 0.3) is 5.91 Å². The molecule has 1 aliphatic heterocycles. The molecule has 6 rings (SSSR count). The van der Waals surface area contributed by atoms with E-state index in [1.165, 1.54) is 4.90 Å². The minimum atomic E-state index is -1.01. The maximum Gasteiger partial charge on any atom is 0.320 e. The quantitative estimate of drug-likeness (QED) is 0.0399. The molecule has 0 bridgehead atoms. The summed E-state index contributed by atoms with van der Waals surface area (Å²) in [6, 6.07) is 19.8. The Morgan fingerprint density at radius 2 is 1.67 bits per heavy atom. The van der Waals surface area contributed by atoms with E-state index in [4.69, 9.17) is 31.5 Å². The number of nitrogens with two attached hydrogens (primary N) is 1. The zero-order valence-electron chi connectivity index (χ0n) is 42.7. The van der Waals surface area contributed by atoms with Crippen LogP contribution in [0, 0.1) is 34.5 Å². The standard InChI is InChI=1S/C54H69ClN8O8S/c1-32(34-13-15-35(16-14-34)45-33(2)59-31-72-45)60-48(67)42-26-40(70-44(65)28-57)29-63(42)49(68)46(52(3,4)5)61-43(64)30-69-24-12-10-11-23-58-38-20-17-36(18-21-38)47(66)62-50-53(6,7)51(54(50,8)9)71-39-22-19-37(27-56)41(55)25-39/h13-22,25,31-32,40,42,46,50-51,58H,10-12,23-24,26,28-30,57H2,1-9H3,(H,60,67)(H,61,64)(H,62,66)/t32-,40+,42-,46?,50?,51?/m0/s1. The average molecular weight is 1030 g/mol. The second-order valence-electron chi connectivity index (χ2n) is 21.0. The van der Waals surface area contributed by atoms with E-state index in [1.807, 2.05) is 71.0 Å². The molecule has 386 valence electrons. The number of esters is 1. The van der Waals surface area contributed by atoms with Crippen molar-refractivity contribution in [3.63, 3.8) is 0 Å². The van der Waals surface area contributed by atoms with Crippen molar-refractivity contribution in [1.82, 2.24) is 25.8 Å². The minimum absolute atomic E-state index is 0.0356. The maximum absolute atomic E-state index is 14.4. The topological polar surface area (TPSA) is 227 Å². The predicted molar refractivity (Wildman–Crippen MR) is 278 cm³/mol. The van der Waals surface area contributed by atoms with Crippen LogP contribution in [-0.2, 0) is 28.7 Å². The summed E-state index contributed by atoms with van der Waals surface area (Å²) >= 11 is 7.80. The van der Waals surface area contributed by atoms with Crippen molar-refractivity contribution in [3.8, 4) is 22.3 Å². The van der Waals surface area contributed by atoms with E-state index in [0.29, 0.717) is 41.5 Å². The van der Waals surface area contributed by atoms with Gasteiger partial charge in [0.2, 0.25) is 17.7 Å². The number of benzene rings is 3. The van der Waals surface area contributed by atoms with E-state index in [2.05, 4.69) is 60.0 Å². The number of rotatable bonds is 21. The molecule has 2 aliphatic rings. The molecule has 6 N–H and O–H groups in total. The van der Waals surface area contributed by atoms with Crippen LogP contribution in [0.5, 0.6) is 5.75 Å². The molecule has 72 heavy (non-hydrogen) atoms. The van der Waals surface area contributed by atoms with Gasteiger partial charge in [0.05, 0.1) is 45.8 Å². The zero-order valence-corrected chi connectivity index (χ0v) is 44.3. The number of carbonyl (C=O) groups excluding carboxylic acids is 5. The highest BCUT2D eigenvalue weighted by Crippen LogP contribution is 2.55. The monoisotopic (exact) mass is 1020 g/mol. The van der Waals surface area contributed by atoms with Crippen LogP contribution in [0.2, 0.25) is 5.02 Å². The van der Waals surface area contributed by atoms with Gasteiger partial charge in [-0.1, -0.05) is 84.3 Å². The highest BCUT2D eigenvalue weighted by atomic mass is 35.5. The molecule has 0 radical (unpaired) electrons. The molecule has 1 saturated heterocycles. The Bertz CT molecular complexity index is 2590. The van der Waals surface area contributed by atoms with E-state index in [-0.39, 0.29) is 55.0 Å². The summed E-state index contributed by atoms with van der Waals surface area (Å²) < 4.78 is 17.6. The number of nitrogens with one attached hydrogen (secondary N) is 4. The van der Waals surface area contributed by atoms with E-state index in [0.717, 1.165) is 40.2 Å². The Kier molecular flexibility index (Phi) is 18.2. The van der Waals surface area contributed by atoms with Crippen molar-refractivity contribution >= 4 is 58.2 Å². The maximum atomic E-state index is 14.4. The SMILES string of the molecule is Cc1ncsc1-c1ccc([C@H](C)NC(=O)[C@@H]2C[C@@H](OC(=O)CN)CN2C(=O)C(NC(=O)COCCCCCNc2ccc(C(=O)NC3C(C)(C)C(Oc4ccc(C#N)c(Cl)c4)C3(C)C)cc2)C(C)(C)C)cc1. The van der Waals surface area contributed by atoms with Crippen LogP contribution in [0.1, 0.15) is 114 Å². The number of halogens is 1. The van der Waals surface area contributed by atoms with Crippen molar-refractivity contribution in [2.24, 2.45) is 22.0 Å². The number of nitrogens with zero attached hydrogens (tertiary/aromatic N) is 3. The Hall–Kier alpha value is -6.06. The van der Waals surface area contributed by atoms with Crippen LogP contribution in [0.15, 0.2) is 72.2 Å². The molecule has 2 heterocycles. The summed E-state index contributed by atoms with van der Waals surface area (Å²) in [4.78, 5) is 74.0. The number of hydrogen-bond donors (Lipinski definition) is 5. The molecular weight excluding hydrogens is 956 g/mol. The summed E-state index contributed by atoms with van der Waals surface area (Å²) in [5.74, 6) is -1.59. The van der Waals surface area contributed by atoms with E-state index in [1.54, 1.807) is 47.2 Å². The van der Waals surface area contributed by atoms with Crippen LogP contribution in [0.3, 0.4) is 0 Å². The normalized spacial score (nSPS) is 19.7. The van der Waals surface area contributed by atoms with Gasteiger partial charge in [0, 0.05) is 53.8 Å². The fourth-order valence-electron chi connectivity index (χ4n) is 9.97. The van der Waals surface area contributed by atoms with Gasteiger partial charge in [-0.3, -0.25) is 24.0 Å². The summed E-state index contributed by atoms with van der Waals surface area (Å²) in [6.45, 7) is 18.0. The smallest absolute Gasteiger partial charge is 0.320 e. The lowest BCUT2D eigenvalue weighted by molar-refractivity contribution is -0.164. The Labute approximate surface area is 432 Å². The molecule has 2 fully saturated rings. The van der Waals surface area contributed by atoms with Crippen molar-refractivity contribution < 1.29 is 38.2 Å². The molecule has 0 spiro atoms. The van der Waals surface area contributed by atoms with Gasteiger partial charge in [-0.15, -0.1) is 11.3 Å². The molecule has 4 aromatic rings. The van der Waals surface area contributed by atoms with Crippen LogP contribution in [-0.4, -0.2) is 103 Å². The number of unbranched alkanes of at least 4 members (excludes halogenated alkanes) is 2. The fourth-order valence-corrected chi connectivity index (χ4v) is 11.0. The number of aryl methyl sites for hydroxylation is 1. The van der Waals surface area contributed by atoms with Gasteiger partial charge in [-0.05, 0) is 86.1 Å². The number of likely N-dealkylation sites (tertiary alicyclic amines) is 1. The van der Waals surface area contributed by atoms with Crippen LogP contribution in [0.4, 0.5) is 5.69 Å². The molecule has 16 nitrogen and oxygen atoms in total. The number of hydrogen-bond acceptors (Lipinski definition) is 13. The van der Waals surface area contributed by atoms with E-state index < -0.39 is 53.3 Å². The summed E-state index contributed by atoms with van der Waals surface area (Å²) in [5.41, 5.74) is 10.5. The molecule has 18 heteroatoms. The Balaban J connectivity index is 0.922. The number of carbonyl (C=O) groups is 5.